The van der Waals surface area contributed by atoms with Crippen LogP contribution in [0.2, 0.25) is 0 Å². The van der Waals surface area contributed by atoms with E-state index in [4.69, 9.17) is 5.73 Å². The van der Waals surface area contributed by atoms with Gasteiger partial charge in [-0.2, -0.15) is 0 Å². The Bertz CT molecular complexity index is 753. The van der Waals surface area contributed by atoms with Gasteiger partial charge in [0.1, 0.15) is 11.5 Å². The summed E-state index contributed by atoms with van der Waals surface area (Å²) in [7, 11) is 4.21. The van der Waals surface area contributed by atoms with E-state index >= 15 is 0 Å². The van der Waals surface area contributed by atoms with Gasteiger partial charge < -0.3 is 10.6 Å². The predicted octanol–water partition coefficient (Wildman–Crippen LogP) is 6.96. The summed E-state index contributed by atoms with van der Waals surface area (Å²) >= 11 is 0. The fraction of sp³-hybridized carbons (Fsp3) is 0.500. The second-order valence-electron chi connectivity index (χ2n) is 7.92. The van der Waals surface area contributed by atoms with Gasteiger partial charge in [-0.25, -0.2) is 4.99 Å². The summed E-state index contributed by atoms with van der Waals surface area (Å²) in [5.41, 5.74) is 11.0. The number of rotatable bonds is 7. The summed E-state index contributed by atoms with van der Waals surface area (Å²) in [4.78, 5) is 16.6. The standard InChI is InChI=1S/C14H18.C6H8N2O.C6H15N.C2H6/c1-5-13(10-11(2)3)14-8-6-12(4)7-9-14;1-4(9)5-2-3-6(7)8-5;1-4-5-6-7(2)3;1-2/h5-9H,2,10H2,1,3-4H3;2H,3H2,1H3,(H2,7,8);4-6H2,1-3H3;1-2H3/b13-5+;;;. The van der Waals surface area contributed by atoms with Crippen LogP contribution in [-0.2, 0) is 4.79 Å². The topological polar surface area (TPSA) is 58.7 Å². The Morgan fingerprint density at radius 1 is 1.19 bits per heavy atom. The smallest absolute Gasteiger partial charge is 0.177 e. The number of nitrogens with two attached hydrogens (primary N) is 1. The molecule has 0 amide bonds. The van der Waals surface area contributed by atoms with Gasteiger partial charge in [-0.3, -0.25) is 4.79 Å². The summed E-state index contributed by atoms with van der Waals surface area (Å²) in [6.45, 7) is 19.1. The zero-order valence-electron chi connectivity index (χ0n) is 22.1. The van der Waals surface area contributed by atoms with Crippen molar-refractivity contribution in [2.24, 2.45) is 10.7 Å². The van der Waals surface area contributed by atoms with E-state index in [-0.39, 0.29) is 5.78 Å². The number of unbranched alkanes of at least 4 members (excludes halogenated alkanes) is 1. The third-order valence-electron chi connectivity index (χ3n) is 4.35. The lowest BCUT2D eigenvalue weighted by molar-refractivity contribution is -0.113. The highest BCUT2D eigenvalue weighted by molar-refractivity contribution is 5.99. The molecular weight excluding hydrogens is 394 g/mol. The molecule has 1 aromatic rings. The number of Topliss-reactive ketones (excluding diaryl/α,β-unsaturated/α-hetero) is 1. The van der Waals surface area contributed by atoms with Crippen LogP contribution in [0.1, 0.15) is 78.4 Å². The lowest BCUT2D eigenvalue weighted by Crippen LogP contribution is -2.12. The van der Waals surface area contributed by atoms with Gasteiger partial charge in [-0.1, -0.05) is 75.2 Å². The zero-order valence-corrected chi connectivity index (χ0v) is 22.1. The molecule has 1 heterocycles. The number of benzene rings is 1. The third-order valence-corrected chi connectivity index (χ3v) is 4.35. The first-order valence-corrected chi connectivity index (χ1v) is 11.7. The molecule has 1 aliphatic rings. The Morgan fingerprint density at radius 3 is 2.03 bits per heavy atom. The molecule has 0 radical (unpaired) electrons. The van der Waals surface area contributed by atoms with E-state index in [0.29, 0.717) is 18.0 Å². The monoisotopic (exact) mass is 441 g/mol. The summed E-state index contributed by atoms with van der Waals surface area (Å²) in [6.07, 6.45) is 8.12. The van der Waals surface area contributed by atoms with E-state index in [1.807, 2.05) is 13.8 Å². The Labute approximate surface area is 198 Å². The van der Waals surface area contributed by atoms with Crippen LogP contribution < -0.4 is 5.73 Å². The quantitative estimate of drug-likeness (QED) is 0.465. The molecule has 2 N–H and O–H groups in total. The third kappa shape index (κ3) is 16.3. The maximum absolute atomic E-state index is 10.6. The molecule has 0 saturated heterocycles. The van der Waals surface area contributed by atoms with Crippen molar-refractivity contribution in [1.82, 2.24) is 4.90 Å². The second-order valence-corrected chi connectivity index (χ2v) is 7.92. The number of carbonyl (C=O) groups excluding carboxylic acids is 1. The first-order chi connectivity index (χ1) is 15.1. The van der Waals surface area contributed by atoms with Crippen LogP contribution in [0.3, 0.4) is 0 Å². The average Bonchev–Trinajstić information content (AvgIpc) is 3.20. The maximum Gasteiger partial charge on any atom is 0.177 e. The molecule has 0 bridgehead atoms. The molecule has 0 atom stereocenters. The minimum atomic E-state index is -0.0181. The molecule has 2 rings (SSSR count). The minimum Gasteiger partial charge on any atom is -0.387 e. The first kappa shape index (κ1) is 31.7. The molecule has 0 aliphatic carbocycles. The Kier molecular flexibility index (Phi) is 19.1. The molecule has 0 aromatic heterocycles. The van der Waals surface area contributed by atoms with E-state index in [1.165, 1.54) is 48.6 Å². The lowest BCUT2D eigenvalue weighted by atomic mass is 9.98. The summed E-state index contributed by atoms with van der Waals surface area (Å²) < 4.78 is 0. The van der Waals surface area contributed by atoms with Gasteiger partial charge in [-0.05, 0) is 71.5 Å². The highest BCUT2D eigenvalue weighted by Gasteiger charge is 2.07. The molecule has 4 nitrogen and oxygen atoms in total. The molecular formula is C28H47N3O. The number of allylic oxidation sites excluding steroid dienone is 4. The van der Waals surface area contributed by atoms with Gasteiger partial charge in [0.05, 0.1) is 0 Å². The van der Waals surface area contributed by atoms with Crippen LogP contribution in [0.25, 0.3) is 5.57 Å². The van der Waals surface area contributed by atoms with Gasteiger partial charge in [0, 0.05) is 13.3 Å². The number of hydrogen-bond donors (Lipinski definition) is 1. The molecule has 0 unspecified atom stereocenters. The number of nitrogens with zero attached hydrogens (tertiary/aromatic N) is 2. The Hall–Kier alpha value is -2.46. The van der Waals surface area contributed by atoms with E-state index in [9.17, 15) is 4.79 Å². The highest BCUT2D eigenvalue weighted by Crippen LogP contribution is 2.21. The molecule has 0 saturated carbocycles. The lowest BCUT2D eigenvalue weighted by Gasteiger charge is -2.07. The van der Waals surface area contributed by atoms with Crippen LogP contribution in [0.4, 0.5) is 0 Å². The van der Waals surface area contributed by atoms with Crippen molar-refractivity contribution < 1.29 is 4.79 Å². The number of carbonyl (C=O) groups is 1. The maximum atomic E-state index is 10.6. The van der Waals surface area contributed by atoms with E-state index < -0.39 is 0 Å². The van der Waals surface area contributed by atoms with Crippen molar-refractivity contribution in [3.63, 3.8) is 0 Å². The van der Waals surface area contributed by atoms with Crippen molar-refractivity contribution in [2.75, 3.05) is 20.6 Å². The highest BCUT2D eigenvalue weighted by atomic mass is 16.1. The van der Waals surface area contributed by atoms with Crippen molar-refractivity contribution in [3.8, 4) is 0 Å². The largest absolute Gasteiger partial charge is 0.387 e. The summed E-state index contributed by atoms with van der Waals surface area (Å²) in [6, 6.07) is 8.65. The predicted molar refractivity (Wildman–Crippen MR) is 144 cm³/mol. The van der Waals surface area contributed by atoms with E-state index in [0.717, 1.165) is 6.42 Å². The van der Waals surface area contributed by atoms with Crippen molar-refractivity contribution in [2.45, 2.75) is 74.1 Å². The van der Waals surface area contributed by atoms with Gasteiger partial charge in [0.2, 0.25) is 0 Å². The molecule has 1 aromatic carbocycles. The van der Waals surface area contributed by atoms with Gasteiger partial charge in [-0.15, -0.1) is 0 Å². The fourth-order valence-corrected chi connectivity index (χ4v) is 2.61. The van der Waals surface area contributed by atoms with Crippen LogP contribution in [0.5, 0.6) is 0 Å². The fourth-order valence-electron chi connectivity index (χ4n) is 2.61. The SMILES string of the molecule is C=C(C)C/C(=C\C)c1ccc(C)cc1.CC.CC(=O)C1=CCC(N)=N1.CCCCN(C)C. The Morgan fingerprint density at radius 2 is 1.75 bits per heavy atom. The number of amidine groups is 1. The van der Waals surface area contributed by atoms with Crippen LogP contribution in [0, 0.1) is 6.92 Å². The van der Waals surface area contributed by atoms with Gasteiger partial charge in [0.25, 0.3) is 0 Å². The zero-order chi connectivity index (χ0) is 25.1. The molecule has 180 valence electrons. The molecule has 0 spiro atoms. The van der Waals surface area contributed by atoms with Crippen LogP contribution in [0.15, 0.2) is 59.3 Å². The van der Waals surface area contributed by atoms with Crippen LogP contribution in [-0.4, -0.2) is 37.2 Å². The normalized spacial score (nSPS) is 12.2. The van der Waals surface area contributed by atoms with Gasteiger partial charge in [0.15, 0.2) is 5.78 Å². The first-order valence-electron chi connectivity index (χ1n) is 11.7. The Balaban J connectivity index is 0. The van der Waals surface area contributed by atoms with Crippen LogP contribution >= 0.6 is 0 Å². The molecule has 4 heteroatoms. The second kappa shape index (κ2) is 19.2. The number of hydrogen-bond acceptors (Lipinski definition) is 4. The number of aliphatic imine (C=N–C) groups is 1. The number of aryl methyl sites for hydroxylation is 1. The average molecular weight is 442 g/mol. The molecule has 0 fully saturated rings. The van der Waals surface area contributed by atoms with Crippen molar-refractivity contribution in [1.29, 1.82) is 0 Å². The van der Waals surface area contributed by atoms with Crippen molar-refractivity contribution >= 4 is 17.2 Å². The van der Waals surface area contributed by atoms with E-state index in [2.05, 4.69) is 88.6 Å². The molecule has 1 aliphatic heterocycles. The minimum absolute atomic E-state index is 0.0181. The van der Waals surface area contributed by atoms with Crippen molar-refractivity contribution in [3.05, 3.63) is 65.4 Å². The molecule has 32 heavy (non-hydrogen) atoms. The number of ketones is 1. The van der Waals surface area contributed by atoms with E-state index in [1.54, 1.807) is 6.08 Å². The summed E-state index contributed by atoms with van der Waals surface area (Å²) in [5, 5.41) is 0. The van der Waals surface area contributed by atoms with Gasteiger partial charge >= 0.3 is 0 Å². The summed E-state index contributed by atoms with van der Waals surface area (Å²) in [5.74, 6) is 0.510.